The van der Waals surface area contributed by atoms with Gasteiger partial charge in [0.25, 0.3) is 0 Å². The fourth-order valence-corrected chi connectivity index (χ4v) is 2.19. The third-order valence-electron chi connectivity index (χ3n) is 3.16. The molecule has 2 heteroatoms. The summed E-state index contributed by atoms with van der Waals surface area (Å²) in [4.78, 5) is 11.2. The molecule has 1 spiro atoms. The van der Waals surface area contributed by atoms with Crippen LogP contribution in [0.25, 0.3) is 0 Å². The first kappa shape index (κ1) is 7.29. The largest absolute Gasteiger partial charge is 0.377 e. The normalized spacial score (nSPS) is 33.2. The molecule has 2 fully saturated rings. The lowest BCUT2D eigenvalue weighted by atomic mass is 9.53. The molecule has 0 bridgehead atoms. The lowest BCUT2D eigenvalue weighted by molar-refractivity contribution is -0.176. The van der Waals surface area contributed by atoms with Gasteiger partial charge < -0.3 is 4.74 Å². The van der Waals surface area contributed by atoms with Gasteiger partial charge in [0.2, 0.25) is 0 Å². The van der Waals surface area contributed by atoms with Gasteiger partial charge in [-0.05, 0) is 19.8 Å². The van der Waals surface area contributed by atoms with Crippen molar-refractivity contribution in [3.63, 3.8) is 0 Å². The van der Waals surface area contributed by atoms with E-state index in [1.54, 1.807) is 0 Å². The van der Waals surface area contributed by atoms with Crippen molar-refractivity contribution in [2.24, 2.45) is 5.41 Å². The predicted octanol–water partition coefficient (Wildman–Crippen LogP) is 1.53. The monoisotopic (exact) mass is 154 g/mol. The van der Waals surface area contributed by atoms with Gasteiger partial charge in [-0.25, -0.2) is 0 Å². The lowest BCUT2D eigenvalue weighted by Crippen LogP contribution is -2.59. The average Bonchev–Trinajstić information content (AvgIpc) is 1.83. The van der Waals surface area contributed by atoms with Gasteiger partial charge in [0.05, 0.1) is 11.5 Å². The fraction of sp³-hybridized carbons (Fsp3) is 0.889. The highest BCUT2D eigenvalue weighted by Crippen LogP contribution is 2.54. The molecule has 0 aromatic rings. The summed E-state index contributed by atoms with van der Waals surface area (Å²) in [6, 6.07) is 0. The lowest BCUT2D eigenvalue weighted by Gasteiger charge is -2.53. The minimum Gasteiger partial charge on any atom is -0.377 e. The van der Waals surface area contributed by atoms with Gasteiger partial charge in [-0.1, -0.05) is 6.42 Å². The van der Waals surface area contributed by atoms with E-state index in [1.165, 1.54) is 6.42 Å². The summed E-state index contributed by atoms with van der Waals surface area (Å²) >= 11 is 0. The number of carbonyl (C=O) groups excluding carboxylic acids is 1. The predicted molar refractivity (Wildman–Crippen MR) is 41.3 cm³/mol. The molecule has 0 saturated heterocycles. The van der Waals surface area contributed by atoms with Crippen LogP contribution in [0.3, 0.4) is 0 Å². The SMILES string of the molecule is CCOC1CC(=O)C12CCC2. The summed E-state index contributed by atoms with van der Waals surface area (Å²) < 4.78 is 5.49. The van der Waals surface area contributed by atoms with Gasteiger partial charge in [-0.3, -0.25) is 4.79 Å². The van der Waals surface area contributed by atoms with Gasteiger partial charge in [-0.2, -0.15) is 0 Å². The van der Waals surface area contributed by atoms with Crippen LogP contribution in [0.5, 0.6) is 0 Å². The zero-order chi connectivity index (χ0) is 7.90. The number of ether oxygens (including phenoxy) is 1. The van der Waals surface area contributed by atoms with E-state index in [0.717, 1.165) is 19.4 Å². The van der Waals surface area contributed by atoms with Crippen molar-refractivity contribution in [2.45, 2.75) is 38.7 Å². The van der Waals surface area contributed by atoms with Crippen molar-refractivity contribution >= 4 is 5.78 Å². The third-order valence-corrected chi connectivity index (χ3v) is 3.16. The Hall–Kier alpha value is -0.370. The highest BCUT2D eigenvalue weighted by molar-refractivity contribution is 5.93. The van der Waals surface area contributed by atoms with Crippen molar-refractivity contribution in [1.29, 1.82) is 0 Å². The molecule has 0 aliphatic heterocycles. The zero-order valence-corrected chi connectivity index (χ0v) is 6.93. The third kappa shape index (κ3) is 0.791. The minimum absolute atomic E-state index is 0.00993. The maximum absolute atomic E-state index is 11.2. The Morgan fingerprint density at radius 1 is 1.64 bits per heavy atom. The van der Waals surface area contributed by atoms with Crippen LogP contribution in [-0.4, -0.2) is 18.5 Å². The van der Waals surface area contributed by atoms with Gasteiger partial charge >= 0.3 is 0 Å². The topological polar surface area (TPSA) is 26.3 Å². The number of hydrogen-bond acceptors (Lipinski definition) is 2. The molecule has 2 aliphatic carbocycles. The van der Waals surface area contributed by atoms with E-state index in [0.29, 0.717) is 12.2 Å². The molecule has 0 aromatic carbocycles. The van der Waals surface area contributed by atoms with Crippen molar-refractivity contribution in [3.05, 3.63) is 0 Å². The Morgan fingerprint density at radius 3 is 2.73 bits per heavy atom. The number of hydrogen-bond donors (Lipinski definition) is 0. The van der Waals surface area contributed by atoms with E-state index >= 15 is 0 Å². The first-order valence-corrected chi connectivity index (χ1v) is 4.44. The highest BCUT2D eigenvalue weighted by Gasteiger charge is 2.58. The van der Waals surface area contributed by atoms with Gasteiger partial charge in [0.15, 0.2) is 0 Å². The Morgan fingerprint density at radius 2 is 2.36 bits per heavy atom. The molecule has 11 heavy (non-hydrogen) atoms. The molecule has 0 radical (unpaired) electrons. The smallest absolute Gasteiger partial charge is 0.144 e. The van der Waals surface area contributed by atoms with Crippen LogP contribution >= 0.6 is 0 Å². The van der Waals surface area contributed by atoms with E-state index in [9.17, 15) is 4.79 Å². The first-order valence-electron chi connectivity index (χ1n) is 4.44. The summed E-state index contributed by atoms with van der Waals surface area (Å²) in [6.07, 6.45) is 4.32. The molecular formula is C9H14O2. The minimum atomic E-state index is 0.00993. The molecule has 62 valence electrons. The van der Waals surface area contributed by atoms with Crippen LogP contribution in [0, 0.1) is 5.41 Å². The summed E-state index contributed by atoms with van der Waals surface area (Å²) in [7, 11) is 0. The van der Waals surface area contributed by atoms with Gasteiger partial charge in [0.1, 0.15) is 5.78 Å². The van der Waals surface area contributed by atoms with Crippen LogP contribution < -0.4 is 0 Å². The van der Waals surface area contributed by atoms with Crippen molar-refractivity contribution in [2.75, 3.05) is 6.61 Å². The summed E-state index contributed by atoms with van der Waals surface area (Å²) in [5, 5.41) is 0. The van der Waals surface area contributed by atoms with Crippen molar-refractivity contribution < 1.29 is 9.53 Å². The Labute approximate surface area is 66.9 Å². The van der Waals surface area contributed by atoms with E-state index < -0.39 is 0 Å². The maximum atomic E-state index is 11.2. The zero-order valence-electron chi connectivity index (χ0n) is 6.93. The Balaban J connectivity index is 1.99. The average molecular weight is 154 g/mol. The first-order chi connectivity index (χ1) is 5.29. The number of Topliss-reactive ketones (excluding diaryl/α,β-unsaturated/α-hetero) is 1. The van der Waals surface area contributed by atoms with Gasteiger partial charge in [-0.15, -0.1) is 0 Å². The molecular weight excluding hydrogens is 140 g/mol. The second-order valence-electron chi connectivity index (χ2n) is 3.58. The van der Waals surface area contributed by atoms with Crippen LogP contribution in [-0.2, 0) is 9.53 Å². The molecule has 2 nitrogen and oxygen atoms in total. The summed E-state index contributed by atoms with van der Waals surface area (Å²) in [5.41, 5.74) is 0.00993. The molecule has 2 saturated carbocycles. The molecule has 1 atom stereocenters. The van der Waals surface area contributed by atoms with Crippen LogP contribution in [0.15, 0.2) is 0 Å². The standard InChI is InChI=1S/C9H14O2/c1-2-11-8-6-7(10)9(8)4-3-5-9/h8H,2-6H2,1H3. The summed E-state index contributed by atoms with van der Waals surface area (Å²) in [5.74, 6) is 0.446. The molecule has 2 aliphatic rings. The molecule has 0 heterocycles. The van der Waals surface area contributed by atoms with Crippen LogP contribution in [0.2, 0.25) is 0 Å². The van der Waals surface area contributed by atoms with Crippen LogP contribution in [0.4, 0.5) is 0 Å². The van der Waals surface area contributed by atoms with E-state index in [1.807, 2.05) is 6.92 Å². The Kier molecular flexibility index (Phi) is 1.53. The highest BCUT2D eigenvalue weighted by atomic mass is 16.5. The molecule has 0 N–H and O–H groups in total. The number of ketones is 1. The van der Waals surface area contributed by atoms with E-state index in [2.05, 4.69) is 0 Å². The second kappa shape index (κ2) is 2.31. The van der Waals surface area contributed by atoms with Gasteiger partial charge in [0, 0.05) is 13.0 Å². The van der Waals surface area contributed by atoms with E-state index in [4.69, 9.17) is 4.74 Å². The second-order valence-corrected chi connectivity index (χ2v) is 3.58. The number of carbonyl (C=O) groups is 1. The molecule has 0 amide bonds. The fourth-order valence-electron chi connectivity index (χ4n) is 2.19. The number of rotatable bonds is 2. The Bertz CT molecular complexity index is 182. The quantitative estimate of drug-likeness (QED) is 0.603. The molecule has 2 rings (SSSR count). The maximum Gasteiger partial charge on any atom is 0.144 e. The summed E-state index contributed by atoms with van der Waals surface area (Å²) in [6.45, 7) is 2.74. The molecule has 1 unspecified atom stereocenters. The van der Waals surface area contributed by atoms with Crippen LogP contribution in [0.1, 0.15) is 32.6 Å². The van der Waals surface area contributed by atoms with Crippen molar-refractivity contribution in [1.82, 2.24) is 0 Å². The van der Waals surface area contributed by atoms with E-state index in [-0.39, 0.29) is 11.5 Å². The molecule has 0 aromatic heterocycles. The van der Waals surface area contributed by atoms with Crippen molar-refractivity contribution in [3.8, 4) is 0 Å².